The summed E-state index contributed by atoms with van der Waals surface area (Å²) in [7, 11) is 0. The fraction of sp³-hybridized carbons (Fsp3) is 0.0667. The van der Waals surface area contributed by atoms with Crippen molar-refractivity contribution in [3.05, 3.63) is 63.9 Å². The van der Waals surface area contributed by atoms with Crippen LogP contribution in [0.2, 0.25) is 10.0 Å². The van der Waals surface area contributed by atoms with Gasteiger partial charge in [-0.15, -0.1) is 0 Å². The maximum atomic E-state index is 6.13. The Labute approximate surface area is 131 Å². The molecule has 0 aliphatic rings. The molecule has 0 saturated carbocycles. The molecule has 0 bridgehead atoms. The first kappa shape index (κ1) is 13.9. The van der Waals surface area contributed by atoms with Crippen LogP contribution >= 0.6 is 23.2 Å². The van der Waals surface area contributed by atoms with E-state index >= 15 is 0 Å². The van der Waals surface area contributed by atoms with Crippen LogP contribution in [0.4, 0.5) is 5.69 Å². The maximum absolute atomic E-state index is 6.13. The molecule has 4 nitrogen and oxygen atoms in total. The number of aromatic nitrogens is 2. The van der Waals surface area contributed by atoms with Crippen LogP contribution in [0.1, 0.15) is 11.4 Å². The van der Waals surface area contributed by atoms with Gasteiger partial charge in [0.2, 0.25) is 0 Å². The lowest BCUT2D eigenvalue weighted by atomic mass is 10.1. The van der Waals surface area contributed by atoms with Crippen LogP contribution in [0.5, 0.6) is 0 Å². The van der Waals surface area contributed by atoms with Gasteiger partial charge in [-0.25, -0.2) is 0 Å². The van der Waals surface area contributed by atoms with Gasteiger partial charge in [-0.2, -0.15) is 4.98 Å². The number of rotatable bonds is 3. The molecule has 6 heteroatoms. The van der Waals surface area contributed by atoms with Gasteiger partial charge >= 0.3 is 0 Å². The molecule has 0 amide bonds. The number of halogens is 2. The summed E-state index contributed by atoms with van der Waals surface area (Å²) in [5.41, 5.74) is 7.92. The number of hydrogen-bond donors (Lipinski definition) is 1. The quantitative estimate of drug-likeness (QED) is 0.734. The Morgan fingerprint density at radius 1 is 1.10 bits per heavy atom. The minimum absolute atomic E-state index is 0.372. The second kappa shape index (κ2) is 5.76. The standard InChI is InChI=1S/C15H11Cl2N3O/c16-10-3-1-2-9(6-10)7-14-19-15(21-20-14)12-5-4-11(18)8-13(12)17/h1-6,8H,7,18H2. The molecule has 0 saturated heterocycles. The minimum atomic E-state index is 0.372. The van der Waals surface area contributed by atoms with E-state index < -0.39 is 0 Å². The van der Waals surface area contributed by atoms with Gasteiger partial charge in [0, 0.05) is 17.1 Å². The first-order valence-electron chi connectivity index (χ1n) is 6.24. The van der Waals surface area contributed by atoms with E-state index in [2.05, 4.69) is 10.1 Å². The molecule has 0 aliphatic heterocycles. The average Bonchev–Trinajstić information content (AvgIpc) is 2.87. The van der Waals surface area contributed by atoms with Crippen molar-refractivity contribution in [1.29, 1.82) is 0 Å². The van der Waals surface area contributed by atoms with Gasteiger partial charge in [-0.3, -0.25) is 0 Å². The summed E-state index contributed by atoms with van der Waals surface area (Å²) in [6.45, 7) is 0. The molecular weight excluding hydrogens is 309 g/mol. The monoisotopic (exact) mass is 319 g/mol. The highest BCUT2D eigenvalue weighted by Gasteiger charge is 2.12. The van der Waals surface area contributed by atoms with E-state index in [-0.39, 0.29) is 0 Å². The number of anilines is 1. The van der Waals surface area contributed by atoms with Crippen LogP contribution in [0, 0.1) is 0 Å². The van der Waals surface area contributed by atoms with Gasteiger partial charge in [0.25, 0.3) is 5.89 Å². The third-order valence-corrected chi connectivity index (χ3v) is 3.49. The number of nitrogens with zero attached hydrogens (tertiary/aromatic N) is 2. The maximum Gasteiger partial charge on any atom is 0.259 e. The Balaban J connectivity index is 1.86. The highest BCUT2D eigenvalue weighted by Crippen LogP contribution is 2.28. The zero-order chi connectivity index (χ0) is 14.8. The number of nitrogen functional groups attached to an aromatic ring is 1. The Bertz CT molecular complexity index is 786. The number of benzene rings is 2. The zero-order valence-electron chi connectivity index (χ0n) is 10.9. The molecule has 3 rings (SSSR count). The largest absolute Gasteiger partial charge is 0.399 e. The Morgan fingerprint density at radius 3 is 2.71 bits per heavy atom. The molecule has 0 unspecified atom stereocenters. The molecule has 2 aromatic carbocycles. The lowest BCUT2D eigenvalue weighted by Crippen LogP contribution is -1.91. The van der Waals surface area contributed by atoms with Gasteiger partial charge in [-0.05, 0) is 35.9 Å². The zero-order valence-corrected chi connectivity index (χ0v) is 12.4. The van der Waals surface area contributed by atoms with Crippen molar-refractivity contribution in [3.8, 4) is 11.5 Å². The van der Waals surface area contributed by atoms with Gasteiger partial charge in [0.1, 0.15) is 0 Å². The molecule has 1 aromatic heterocycles. The molecule has 2 N–H and O–H groups in total. The fourth-order valence-electron chi connectivity index (χ4n) is 1.97. The summed E-state index contributed by atoms with van der Waals surface area (Å²) >= 11 is 12.1. The summed E-state index contributed by atoms with van der Waals surface area (Å²) in [6.07, 6.45) is 0.538. The van der Waals surface area contributed by atoms with E-state index in [1.54, 1.807) is 18.2 Å². The third-order valence-electron chi connectivity index (χ3n) is 2.94. The molecule has 3 aromatic rings. The van der Waals surface area contributed by atoms with Crippen molar-refractivity contribution < 1.29 is 4.52 Å². The minimum Gasteiger partial charge on any atom is -0.399 e. The van der Waals surface area contributed by atoms with Gasteiger partial charge in [-0.1, -0.05) is 40.5 Å². The SMILES string of the molecule is Nc1ccc(-c2nc(Cc3cccc(Cl)c3)no2)c(Cl)c1. The third kappa shape index (κ3) is 3.17. The molecule has 106 valence electrons. The Hall–Kier alpha value is -2.04. The van der Waals surface area contributed by atoms with Crippen molar-refractivity contribution in [2.45, 2.75) is 6.42 Å². The second-order valence-corrected chi connectivity index (χ2v) is 5.41. The summed E-state index contributed by atoms with van der Waals surface area (Å²) in [5.74, 6) is 0.942. The van der Waals surface area contributed by atoms with E-state index in [0.29, 0.717) is 39.4 Å². The Kier molecular flexibility index (Phi) is 3.82. The van der Waals surface area contributed by atoms with Crippen LogP contribution < -0.4 is 5.73 Å². The van der Waals surface area contributed by atoms with E-state index in [0.717, 1.165) is 5.56 Å². The van der Waals surface area contributed by atoms with Crippen molar-refractivity contribution in [2.24, 2.45) is 0 Å². The molecule has 0 spiro atoms. The van der Waals surface area contributed by atoms with Crippen molar-refractivity contribution in [2.75, 3.05) is 5.73 Å². The van der Waals surface area contributed by atoms with Crippen molar-refractivity contribution in [3.63, 3.8) is 0 Å². The average molecular weight is 320 g/mol. The molecule has 21 heavy (non-hydrogen) atoms. The number of nitrogens with two attached hydrogens (primary N) is 1. The lowest BCUT2D eigenvalue weighted by molar-refractivity contribution is 0.424. The lowest BCUT2D eigenvalue weighted by Gasteiger charge is -1.99. The van der Waals surface area contributed by atoms with E-state index in [4.69, 9.17) is 33.5 Å². The molecule has 0 atom stereocenters. The van der Waals surface area contributed by atoms with Crippen LogP contribution in [-0.4, -0.2) is 10.1 Å². The highest BCUT2D eigenvalue weighted by atomic mass is 35.5. The van der Waals surface area contributed by atoms with Crippen LogP contribution in [0.3, 0.4) is 0 Å². The summed E-state index contributed by atoms with van der Waals surface area (Å²) < 4.78 is 5.25. The molecule has 0 fully saturated rings. The van der Waals surface area contributed by atoms with E-state index in [1.807, 2.05) is 24.3 Å². The summed E-state index contributed by atoms with van der Waals surface area (Å²) in [6, 6.07) is 12.7. The first-order chi connectivity index (χ1) is 10.1. The highest BCUT2D eigenvalue weighted by molar-refractivity contribution is 6.33. The number of hydrogen-bond acceptors (Lipinski definition) is 4. The first-order valence-corrected chi connectivity index (χ1v) is 7.00. The Morgan fingerprint density at radius 2 is 1.95 bits per heavy atom. The van der Waals surface area contributed by atoms with E-state index in [1.165, 1.54) is 0 Å². The van der Waals surface area contributed by atoms with Crippen LogP contribution in [0.15, 0.2) is 47.0 Å². The predicted molar refractivity (Wildman–Crippen MR) is 83.4 cm³/mol. The normalized spacial score (nSPS) is 10.8. The molecule has 0 aliphatic carbocycles. The topological polar surface area (TPSA) is 64.9 Å². The molecular formula is C15H11Cl2N3O. The van der Waals surface area contributed by atoms with Crippen molar-refractivity contribution in [1.82, 2.24) is 10.1 Å². The summed E-state index contributed by atoms with van der Waals surface area (Å²) in [5, 5.41) is 5.12. The predicted octanol–water partition coefficient (Wildman–Crippen LogP) is 4.22. The van der Waals surface area contributed by atoms with Gasteiger partial charge in [0.15, 0.2) is 5.82 Å². The summed E-state index contributed by atoms with van der Waals surface area (Å²) in [4.78, 5) is 4.35. The van der Waals surface area contributed by atoms with Gasteiger partial charge < -0.3 is 10.3 Å². The van der Waals surface area contributed by atoms with Gasteiger partial charge in [0.05, 0.1) is 10.6 Å². The van der Waals surface area contributed by atoms with Crippen LogP contribution in [0.25, 0.3) is 11.5 Å². The van der Waals surface area contributed by atoms with Crippen molar-refractivity contribution >= 4 is 28.9 Å². The molecule has 0 radical (unpaired) electrons. The van der Waals surface area contributed by atoms with E-state index in [9.17, 15) is 0 Å². The van der Waals surface area contributed by atoms with Crippen LogP contribution in [-0.2, 0) is 6.42 Å². The smallest absolute Gasteiger partial charge is 0.259 e. The second-order valence-electron chi connectivity index (χ2n) is 4.56. The molecule has 1 heterocycles. The fourth-order valence-corrected chi connectivity index (χ4v) is 2.45.